The van der Waals surface area contributed by atoms with Crippen molar-refractivity contribution in [2.45, 2.75) is 12.4 Å². The van der Waals surface area contributed by atoms with Crippen molar-refractivity contribution in [3.8, 4) is 28.3 Å². The van der Waals surface area contributed by atoms with Gasteiger partial charge in [0, 0.05) is 11.8 Å². The largest absolute Gasteiger partial charge is 0.504 e. The minimum Gasteiger partial charge on any atom is -0.504 e. The van der Waals surface area contributed by atoms with Crippen LogP contribution in [0.25, 0.3) is 27.8 Å². The minimum atomic E-state index is -5.18. The number of phenolic OH excluding ortho intramolecular Hbond substituents is 2. The van der Waals surface area contributed by atoms with Gasteiger partial charge in [-0.15, -0.1) is 0 Å². The van der Waals surface area contributed by atoms with Gasteiger partial charge in [0.05, 0.1) is 28.4 Å². The molecule has 166 valence electrons. The summed E-state index contributed by atoms with van der Waals surface area (Å²) in [5.74, 6) is -3.60. The zero-order chi connectivity index (χ0) is 23.4. The van der Waals surface area contributed by atoms with E-state index in [1.54, 1.807) is 0 Å². The topological polar surface area (TPSA) is 88.5 Å². The number of fused-ring (bicyclic) bond motifs is 1. The standard InChI is InChI=1S/C20H10F6N2O4/c21-19(22,23)10-2-1-3-11(6-10)28-8-9(7-27-28)14-15(30)12-4-5-13(29)16(31)17(12)32-18(14)20(24,25)26/h1-8,29,31H. The molecule has 0 atom stereocenters. The van der Waals surface area contributed by atoms with Crippen molar-refractivity contribution in [1.29, 1.82) is 0 Å². The molecule has 2 aromatic heterocycles. The van der Waals surface area contributed by atoms with Gasteiger partial charge in [0.1, 0.15) is 0 Å². The third-order valence-electron chi connectivity index (χ3n) is 4.58. The minimum absolute atomic E-state index is 0.104. The summed E-state index contributed by atoms with van der Waals surface area (Å²) in [6.07, 6.45) is -8.02. The van der Waals surface area contributed by atoms with Crippen molar-refractivity contribution in [1.82, 2.24) is 9.78 Å². The van der Waals surface area contributed by atoms with E-state index >= 15 is 0 Å². The molecule has 2 N–H and O–H groups in total. The molecule has 2 heterocycles. The monoisotopic (exact) mass is 456 g/mol. The van der Waals surface area contributed by atoms with Crippen LogP contribution in [0.2, 0.25) is 0 Å². The van der Waals surface area contributed by atoms with E-state index in [9.17, 15) is 41.4 Å². The van der Waals surface area contributed by atoms with Gasteiger partial charge < -0.3 is 14.6 Å². The Kier molecular flexibility index (Phi) is 4.68. The molecular weight excluding hydrogens is 446 g/mol. The van der Waals surface area contributed by atoms with Crippen LogP contribution in [-0.4, -0.2) is 20.0 Å². The second-order valence-electron chi connectivity index (χ2n) is 6.66. The summed E-state index contributed by atoms with van der Waals surface area (Å²) in [6.45, 7) is 0. The van der Waals surface area contributed by atoms with Gasteiger partial charge in [-0.25, -0.2) is 4.68 Å². The van der Waals surface area contributed by atoms with Crippen LogP contribution in [0.1, 0.15) is 11.3 Å². The number of phenols is 2. The molecule has 2 aromatic carbocycles. The van der Waals surface area contributed by atoms with Gasteiger partial charge in [0.25, 0.3) is 0 Å². The van der Waals surface area contributed by atoms with E-state index in [2.05, 4.69) is 5.10 Å². The van der Waals surface area contributed by atoms with E-state index in [0.29, 0.717) is 0 Å². The van der Waals surface area contributed by atoms with Crippen molar-refractivity contribution in [3.05, 3.63) is 70.3 Å². The molecule has 4 aromatic rings. The van der Waals surface area contributed by atoms with Crippen molar-refractivity contribution >= 4 is 11.0 Å². The Hall–Kier alpha value is -3.96. The summed E-state index contributed by atoms with van der Waals surface area (Å²) in [6, 6.07) is 5.77. The van der Waals surface area contributed by atoms with Crippen molar-refractivity contribution in [2.75, 3.05) is 0 Å². The number of rotatable bonds is 2. The fourth-order valence-corrected chi connectivity index (χ4v) is 3.11. The summed E-state index contributed by atoms with van der Waals surface area (Å²) in [4.78, 5) is 12.9. The number of hydrogen-bond donors (Lipinski definition) is 2. The Morgan fingerprint density at radius 3 is 2.34 bits per heavy atom. The van der Waals surface area contributed by atoms with Gasteiger partial charge in [-0.1, -0.05) is 6.07 Å². The van der Waals surface area contributed by atoms with Crippen LogP contribution >= 0.6 is 0 Å². The Balaban J connectivity index is 1.94. The average molecular weight is 456 g/mol. The Morgan fingerprint density at radius 1 is 0.969 bits per heavy atom. The van der Waals surface area contributed by atoms with Gasteiger partial charge in [-0.3, -0.25) is 4.79 Å². The van der Waals surface area contributed by atoms with E-state index < -0.39 is 57.1 Å². The first-order valence-electron chi connectivity index (χ1n) is 8.69. The van der Waals surface area contributed by atoms with Crippen LogP contribution in [0.4, 0.5) is 26.3 Å². The van der Waals surface area contributed by atoms with E-state index in [1.807, 2.05) is 0 Å². The average Bonchev–Trinajstić information content (AvgIpc) is 3.19. The molecule has 0 aliphatic carbocycles. The maximum Gasteiger partial charge on any atom is 0.450 e. The number of halogens is 6. The van der Waals surface area contributed by atoms with Crippen molar-refractivity contribution in [3.63, 3.8) is 0 Å². The zero-order valence-electron chi connectivity index (χ0n) is 15.5. The normalized spacial score (nSPS) is 12.4. The van der Waals surface area contributed by atoms with Crippen molar-refractivity contribution in [2.24, 2.45) is 0 Å². The summed E-state index contributed by atoms with van der Waals surface area (Å²) in [7, 11) is 0. The highest BCUT2D eigenvalue weighted by Crippen LogP contribution is 2.41. The van der Waals surface area contributed by atoms with Crippen LogP contribution in [0, 0.1) is 0 Å². The second-order valence-corrected chi connectivity index (χ2v) is 6.66. The van der Waals surface area contributed by atoms with E-state index in [0.717, 1.165) is 47.4 Å². The number of nitrogens with zero attached hydrogens (tertiary/aromatic N) is 2. The molecule has 0 aliphatic heterocycles. The molecule has 0 saturated carbocycles. The first kappa shape index (κ1) is 21.3. The van der Waals surface area contributed by atoms with Crippen LogP contribution in [0.5, 0.6) is 11.5 Å². The fraction of sp³-hybridized carbons (Fsp3) is 0.100. The van der Waals surface area contributed by atoms with Gasteiger partial charge in [0.2, 0.25) is 16.9 Å². The summed E-state index contributed by atoms with van der Waals surface area (Å²) < 4.78 is 85.5. The molecule has 0 aliphatic rings. The molecular formula is C20H10F6N2O4. The smallest absolute Gasteiger partial charge is 0.450 e. The summed E-state index contributed by atoms with van der Waals surface area (Å²) in [5.41, 5.74) is -4.48. The van der Waals surface area contributed by atoms with Crippen LogP contribution < -0.4 is 5.43 Å². The Bertz CT molecular complexity index is 1400. The maximum atomic E-state index is 13.7. The SMILES string of the molecule is O=c1c(-c2cnn(-c3cccc(C(F)(F)F)c3)c2)c(C(F)(F)F)oc2c(O)c(O)ccc12. The highest BCUT2D eigenvalue weighted by Gasteiger charge is 2.40. The quantitative estimate of drug-likeness (QED) is 0.324. The maximum absolute atomic E-state index is 13.7. The van der Waals surface area contributed by atoms with Crippen LogP contribution in [0.15, 0.2) is 58.0 Å². The van der Waals surface area contributed by atoms with Crippen LogP contribution in [-0.2, 0) is 12.4 Å². The van der Waals surface area contributed by atoms with Gasteiger partial charge in [-0.05, 0) is 30.3 Å². The van der Waals surface area contributed by atoms with Gasteiger partial charge in [-0.2, -0.15) is 31.4 Å². The molecule has 12 heteroatoms. The van der Waals surface area contributed by atoms with E-state index in [1.165, 1.54) is 6.07 Å². The van der Waals surface area contributed by atoms with E-state index in [4.69, 9.17) is 4.42 Å². The lowest BCUT2D eigenvalue weighted by molar-refractivity contribution is -0.152. The van der Waals surface area contributed by atoms with Crippen molar-refractivity contribution < 1.29 is 41.0 Å². The molecule has 4 rings (SSSR count). The number of hydrogen-bond acceptors (Lipinski definition) is 5. The molecule has 0 spiro atoms. The summed E-state index contributed by atoms with van der Waals surface area (Å²) >= 11 is 0. The molecule has 0 amide bonds. The third kappa shape index (κ3) is 3.53. The predicted octanol–water partition coefficient (Wildman–Crippen LogP) is 5.09. The summed E-state index contributed by atoms with van der Waals surface area (Å²) in [5, 5.41) is 22.7. The number of aromatic hydroxyl groups is 2. The second kappa shape index (κ2) is 7.04. The highest BCUT2D eigenvalue weighted by molar-refractivity contribution is 5.88. The fourth-order valence-electron chi connectivity index (χ4n) is 3.11. The van der Waals surface area contributed by atoms with Gasteiger partial charge in [0.15, 0.2) is 11.3 Å². The highest BCUT2D eigenvalue weighted by atomic mass is 19.4. The van der Waals surface area contributed by atoms with E-state index in [-0.39, 0.29) is 11.3 Å². The lowest BCUT2D eigenvalue weighted by atomic mass is 10.0. The number of alkyl halides is 6. The number of benzene rings is 2. The van der Waals surface area contributed by atoms with Crippen LogP contribution in [0.3, 0.4) is 0 Å². The number of aromatic nitrogens is 2. The third-order valence-corrected chi connectivity index (χ3v) is 4.58. The Labute approximate surface area is 173 Å². The first-order chi connectivity index (χ1) is 14.9. The lowest BCUT2D eigenvalue weighted by Gasteiger charge is -2.12. The van der Waals surface area contributed by atoms with Gasteiger partial charge >= 0.3 is 12.4 Å². The molecule has 0 saturated heterocycles. The Morgan fingerprint density at radius 2 is 1.69 bits per heavy atom. The molecule has 0 bridgehead atoms. The zero-order valence-corrected chi connectivity index (χ0v) is 15.5. The first-order valence-corrected chi connectivity index (χ1v) is 8.69. The molecule has 6 nitrogen and oxygen atoms in total. The lowest BCUT2D eigenvalue weighted by Crippen LogP contribution is -2.16. The molecule has 0 fully saturated rings. The molecule has 32 heavy (non-hydrogen) atoms. The predicted molar refractivity (Wildman–Crippen MR) is 98.4 cm³/mol. The molecule has 0 unspecified atom stereocenters. The molecule has 0 radical (unpaired) electrons.